The Morgan fingerprint density at radius 1 is 1.58 bits per heavy atom. The van der Waals surface area contributed by atoms with Gasteiger partial charge in [0.15, 0.2) is 6.10 Å². The minimum Gasteiger partial charge on any atom is -0.479 e. The SMILES string of the molecule is CO[C@H]1CCCCO[C@H]1C(=O)O. The number of carbonyl (C=O) groups is 1. The summed E-state index contributed by atoms with van der Waals surface area (Å²) in [5.74, 6) is -0.927. The molecule has 0 saturated carbocycles. The summed E-state index contributed by atoms with van der Waals surface area (Å²) >= 11 is 0. The Morgan fingerprint density at radius 3 is 2.92 bits per heavy atom. The molecule has 0 aromatic heterocycles. The maximum Gasteiger partial charge on any atom is 0.335 e. The van der Waals surface area contributed by atoms with Crippen LogP contribution in [-0.4, -0.2) is 37.0 Å². The molecule has 1 rings (SSSR count). The predicted molar refractivity (Wildman–Crippen MR) is 42.0 cm³/mol. The van der Waals surface area contributed by atoms with Gasteiger partial charge in [-0.15, -0.1) is 0 Å². The van der Waals surface area contributed by atoms with Crippen LogP contribution in [0.5, 0.6) is 0 Å². The summed E-state index contributed by atoms with van der Waals surface area (Å²) in [5, 5.41) is 8.76. The van der Waals surface area contributed by atoms with Gasteiger partial charge in [0, 0.05) is 13.7 Å². The van der Waals surface area contributed by atoms with E-state index in [0.29, 0.717) is 6.61 Å². The number of ether oxygens (including phenoxy) is 2. The van der Waals surface area contributed by atoms with Crippen molar-refractivity contribution in [3.63, 3.8) is 0 Å². The quantitative estimate of drug-likeness (QED) is 0.668. The highest BCUT2D eigenvalue weighted by molar-refractivity contribution is 5.73. The number of hydrogen-bond donors (Lipinski definition) is 1. The Kier molecular flexibility index (Phi) is 3.49. The first kappa shape index (κ1) is 9.48. The molecule has 12 heavy (non-hydrogen) atoms. The van der Waals surface area contributed by atoms with Gasteiger partial charge in [-0.2, -0.15) is 0 Å². The van der Waals surface area contributed by atoms with E-state index in [2.05, 4.69) is 0 Å². The monoisotopic (exact) mass is 174 g/mol. The molecule has 0 unspecified atom stereocenters. The van der Waals surface area contributed by atoms with E-state index < -0.39 is 12.1 Å². The van der Waals surface area contributed by atoms with Gasteiger partial charge >= 0.3 is 5.97 Å². The topological polar surface area (TPSA) is 55.8 Å². The second-order valence-electron chi connectivity index (χ2n) is 2.90. The van der Waals surface area contributed by atoms with Crippen molar-refractivity contribution in [1.29, 1.82) is 0 Å². The minimum atomic E-state index is -0.927. The molecule has 0 amide bonds. The first-order valence-electron chi connectivity index (χ1n) is 4.13. The van der Waals surface area contributed by atoms with E-state index in [1.807, 2.05) is 0 Å². The molecular formula is C8H14O4. The lowest BCUT2D eigenvalue weighted by Gasteiger charge is -2.19. The van der Waals surface area contributed by atoms with Gasteiger partial charge in [0.1, 0.15) is 0 Å². The standard InChI is InChI=1S/C8H14O4/c1-11-6-4-2-3-5-12-7(6)8(9)10/h6-7H,2-5H2,1H3,(H,9,10)/t6-,7+/m0/s1. The zero-order valence-electron chi connectivity index (χ0n) is 7.16. The average molecular weight is 174 g/mol. The molecule has 0 aliphatic carbocycles. The Labute approximate surface area is 71.5 Å². The third-order valence-corrected chi connectivity index (χ3v) is 2.06. The van der Waals surface area contributed by atoms with Crippen LogP contribution in [0, 0.1) is 0 Å². The van der Waals surface area contributed by atoms with Gasteiger partial charge in [0.2, 0.25) is 0 Å². The molecule has 0 radical (unpaired) electrons. The third-order valence-electron chi connectivity index (χ3n) is 2.06. The van der Waals surface area contributed by atoms with E-state index in [-0.39, 0.29) is 6.10 Å². The van der Waals surface area contributed by atoms with E-state index >= 15 is 0 Å². The molecule has 1 aliphatic heterocycles. The minimum absolute atomic E-state index is 0.287. The molecule has 1 heterocycles. The summed E-state index contributed by atoms with van der Waals surface area (Å²) in [6, 6.07) is 0. The molecule has 0 aromatic rings. The number of methoxy groups -OCH3 is 1. The van der Waals surface area contributed by atoms with Gasteiger partial charge in [-0.25, -0.2) is 4.79 Å². The molecule has 0 bridgehead atoms. The second kappa shape index (κ2) is 4.42. The zero-order chi connectivity index (χ0) is 8.97. The first-order valence-corrected chi connectivity index (χ1v) is 4.13. The summed E-state index contributed by atoms with van der Waals surface area (Å²) in [7, 11) is 1.52. The molecule has 4 nitrogen and oxygen atoms in total. The predicted octanol–water partition coefficient (Wildman–Crippen LogP) is 0.655. The zero-order valence-corrected chi connectivity index (χ0v) is 7.16. The van der Waals surface area contributed by atoms with Crippen LogP contribution in [0.25, 0.3) is 0 Å². The van der Waals surface area contributed by atoms with Crippen LogP contribution in [0.1, 0.15) is 19.3 Å². The normalized spacial score (nSPS) is 31.1. The van der Waals surface area contributed by atoms with Crippen molar-refractivity contribution >= 4 is 5.97 Å². The maximum atomic E-state index is 10.7. The largest absolute Gasteiger partial charge is 0.479 e. The van der Waals surface area contributed by atoms with Gasteiger partial charge in [-0.1, -0.05) is 0 Å². The van der Waals surface area contributed by atoms with Crippen molar-refractivity contribution in [2.24, 2.45) is 0 Å². The molecule has 0 spiro atoms. The Bertz CT molecular complexity index is 157. The van der Waals surface area contributed by atoms with Gasteiger partial charge in [0.05, 0.1) is 6.10 Å². The van der Waals surface area contributed by atoms with Crippen molar-refractivity contribution < 1.29 is 19.4 Å². The number of aliphatic carboxylic acids is 1. The fraction of sp³-hybridized carbons (Fsp3) is 0.875. The summed E-state index contributed by atoms with van der Waals surface area (Å²) in [4.78, 5) is 10.7. The van der Waals surface area contributed by atoms with E-state index in [1.54, 1.807) is 0 Å². The number of rotatable bonds is 2. The molecule has 1 N–H and O–H groups in total. The van der Waals surface area contributed by atoms with E-state index in [1.165, 1.54) is 7.11 Å². The molecule has 1 fully saturated rings. The summed E-state index contributed by atoms with van der Waals surface area (Å²) in [6.07, 6.45) is 1.60. The molecular weight excluding hydrogens is 160 g/mol. The average Bonchev–Trinajstić information content (AvgIpc) is 2.27. The lowest BCUT2D eigenvalue weighted by molar-refractivity contribution is -0.158. The summed E-state index contributed by atoms with van der Waals surface area (Å²) in [6.45, 7) is 0.525. The van der Waals surface area contributed by atoms with Gasteiger partial charge in [-0.3, -0.25) is 0 Å². The first-order chi connectivity index (χ1) is 5.75. The third kappa shape index (κ3) is 2.19. The van der Waals surface area contributed by atoms with Crippen molar-refractivity contribution in [2.75, 3.05) is 13.7 Å². The molecule has 2 atom stereocenters. The van der Waals surface area contributed by atoms with Crippen LogP contribution >= 0.6 is 0 Å². The highest BCUT2D eigenvalue weighted by atomic mass is 16.6. The van der Waals surface area contributed by atoms with E-state index in [0.717, 1.165) is 19.3 Å². The van der Waals surface area contributed by atoms with E-state index in [9.17, 15) is 4.79 Å². The second-order valence-corrected chi connectivity index (χ2v) is 2.90. The van der Waals surface area contributed by atoms with Crippen molar-refractivity contribution in [3.05, 3.63) is 0 Å². The summed E-state index contributed by atoms with van der Waals surface area (Å²) in [5.41, 5.74) is 0. The lowest BCUT2D eigenvalue weighted by Crippen LogP contribution is -2.36. The van der Waals surface area contributed by atoms with Crippen LogP contribution in [0.15, 0.2) is 0 Å². The van der Waals surface area contributed by atoms with E-state index in [4.69, 9.17) is 14.6 Å². The molecule has 1 aliphatic rings. The molecule has 4 heteroatoms. The number of hydrogen-bond acceptors (Lipinski definition) is 3. The van der Waals surface area contributed by atoms with Gasteiger partial charge in [0.25, 0.3) is 0 Å². The maximum absolute atomic E-state index is 10.7. The molecule has 1 saturated heterocycles. The number of carboxylic acids is 1. The van der Waals surface area contributed by atoms with Crippen LogP contribution in [0.4, 0.5) is 0 Å². The Morgan fingerprint density at radius 2 is 2.33 bits per heavy atom. The van der Waals surface area contributed by atoms with Gasteiger partial charge < -0.3 is 14.6 Å². The fourth-order valence-electron chi connectivity index (χ4n) is 1.39. The van der Waals surface area contributed by atoms with Crippen molar-refractivity contribution in [3.8, 4) is 0 Å². The van der Waals surface area contributed by atoms with Gasteiger partial charge in [-0.05, 0) is 19.3 Å². The highest BCUT2D eigenvalue weighted by Gasteiger charge is 2.30. The Balaban J connectivity index is 2.57. The van der Waals surface area contributed by atoms with Crippen molar-refractivity contribution in [2.45, 2.75) is 31.5 Å². The van der Waals surface area contributed by atoms with Crippen molar-refractivity contribution in [1.82, 2.24) is 0 Å². The van der Waals surface area contributed by atoms with Crippen LogP contribution in [0.3, 0.4) is 0 Å². The fourth-order valence-corrected chi connectivity index (χ4v) is 1.39. The molecule has 70 valence electrons. The Hall–Kier alpha value is -0.610. The highest BCUT2D eigenvalue weighted by Crippen LogP contribution is 2.16. The van der Waals surface area contributed by atoms with Crippen LogP contribution in [0.2, 0.25) is 0 Å². The smallest absolute Gasteiger partial charge is 0.335 e. The number of carboxylic acid groups (broad SMARTS) is 1. The lowest BCUT2D eigenvalue weighted by atomic mass is 10.1. The summed E-state index contributed by atoms with van der Waals surface area (Å²) < 4.78 is 10.2. The van der Waals surface area contributed by atoms with Crippen LogP contribution < -0.4 is 0 Å². The molecule has 0 aromatic carbocycles. The van der Waals surface area contributed by atoms with Crippen LogP contribution in [-0.2, 0) is 14.3 Å².